The molecule has 0 saturated heterocycles. The van der Waals surface area contributed by atoms with Gasteiger partial charge in [0, 0.05) is 27.8 Å². The van der Waals surface area contributed by atoms with E-state index in [0.717, 1.165) is 56.7 Å². The number of rotatable bonds is 6. The van der Waals surface area contributed by atoms with Gasteiger partial charge in [-0.2, -0.15) is 5.10 Å². The van der Waals surface area contributed by atoms with Crippen molar-refractivity contribution < 1.29 is 0 Å². The van der Waals surface area contributed by atoms with Crippen LogP contribution in [0.15, 0.2) is 176 Å². The molecule has 2 aromatic heterocycles. The van der Waals surface area contributed by atoms with Gasteiger partial charge in [0.25, 0.3) is 0 Å². The summed E-state index contributed by atoms with van der Waals surface area (Å²) in [7, 11) is 0. The highest BCUT2D eigenvalue weighted by molar-refractivity contribution is 5.74. The molecule has 0 saturated carbocycles. The zero-order valence-electron chi connectivity index (χ0n) is 26.5. The van der Waals surface area contributed by atoms with Crippen LogP contribution in [-0.4, -0.2) is 25.1 Å². The van der Waals surface area contributed by atoms with Crippen LogP contribution in [-0.2, 0) is 0 Å². The predicted molar refractivity (Wildman–Crippen MR) is 196 cm³/mol. The van der Waals surface area contributed by atoms with Gasteiger partial charge in [0.1, 0.15) is 0 Å². The summed E-state index contributed by atoms with van der Waals surface area (Å²) < 4.78 is 0. The third-order valence-electron chi connectivity index (χ3n) is 8.03. The van der Waals surface area contributed by atoms with Crippen LogP contribution in [0, 0.1) is 6.92 Å². The van der Waals surface area contributed by atoms with Gasteiger partial charge < -0.3 is 0 Å². The van der Waals surface area contributed by atoms with Gasteiger partial charge in [-0.1, -0.05) is 170 Å². The minimum atomic E-state index is 0.726. The molecule has 230 valence electrons. The monoisotopic (exact) mass is 619 g/mol. The van der Waals surface area contributed by atoms with E-state index in [1.807, 2.05) is 97.1 Å². The summed E-state index contributed by atoms with van der Waals surface area (Å²) in [6, 6.07) is 59.5. The Balaban J connectivity index is 0.000000180. The molecule has 0 atom stereocenters. The molecule has 1 N–H and O–H groups in total. The van der Waals surface area contributed by atoms with E-state index in [4.69, 9.17) is 9.97 Å². The fourth-order valence-corrected chi connectivity index (χ4v) is 5.49. The van der Waals surface area contributed by atoms with Gasteiger partial charge in [-0.3, -0.25) is 5.10 Å². The molecule has 0 amide bonds. The first-order chi connectivity index (χ1) is 23.7. The van der Waals surface area contributed by atoms with Gasteiger partial charge in [-0.05, 0) is 29.7 Å². The highest BCUT2D eigenvalue weighted by Crippen LogP contribution is 2.30. The van der Waals surface area contributed by atoms with E-state index in [1.165, 1.54) is 16.7 Å². The Morgan fingerprint density at radius 2 is 0.812 bits per heavy atom. The van der Waals surface area contributed by atoms with Crippen LogP contribution in [0.3, 0.4) is 0 Å². The Labute approximate surface area is 280 Å². The van der Waals surface area contributed by atoms with E-state index in [-0.39, 0.29) is 0 Å². The molecule has 6 aromatic carbocycles. The van der Waals surface area contributed by atoms with Gasteiger partial charge in [0.05, 0.1) is 11.4 Å². The molecule has 0 aliphatic heterocycles. The first kappa shape index (κ1) is 30.2. The fourth-order valence-electron chi connectivity index (χ4n) is 5.49. The maximum absolute atomic E-state index is 4.91. The third kappa shape index (κ3) is 7.01. The second-order valence-corrected chi connectivity index (χ2v) is 11.3. The number of nitrogens with zero attached hydrogens (tertiary/aromatic N) is 4. The van der Waals surface area contributed by atoms with Gasteiger partial charge in [0.15, 0.2) is 17.5 Å². The number of hydrogen-bond acceptors (Lipinski definition) is 4. The fraction of sp³-hybridized carbons (Fsp3) is 0.0233. The average molecular weight is 620 g/mol. The molecule has 48 heavy (non-hydrogen) atoms. The molecular formula is C43H33N5. The Hall–Kier alpha value is -6.46. The molecule has 0 aliphatic carbocycles. The molecule has 2 heterocycles. The van der Waals surface area contributed by atoms with Crippen molar-refractivity contribution >= 4 is 0 Å². The van der Waals surface area contributed by atoms with Gasteiger partial charge in [0.2, 0.25) is 0 Å². The lowest BCUT2D eigenvalue weighted by Crippen LogP contribution is -1.96. The molecule has 0 fully saturated rings. The number of aryl methyl sites for hydroxylation is 1. The molecule has 0 unspecified atom stereocenters. The number of benzene rings is 6. The van der Waals surface area contributed by atoms with Crippen LogP contribution in [0.5, 0.6) is 0 Å². The van der Waals surface area contributed by atoms with Gasteiger partial charge >= 0.3 is 0 Å². The Morgan fingerprint density at radius 1 is 0.375 bits per heavy atom. The molecule has 0 radical (unpaired) electrons. The van der Waals surface area contributed by atoms with E-state index in [0.29, 0.717) is 0 Å². The van der Waals surface area contributed by atoms with E-state index < -0.39 is 0 Å². The topological polar surface area (TPSA) is 67.3 Å². The van der Waals surface area contributed by atoms with E-state index in [9.17, 15) is 0 Å². The van der Waals surface area contributed by atoms with Crippen molar-refractivity contribution in [3.63, 3.8) is 0 Å². The average Bonchev–Trinajstić information content (AvgIpc) is 3.68. The SMILES string of the molecule is Cc1ccccc1-c1ccc(-c2nc(-c3ccccc3)cc(-c3ccccc3)n2)cc1.c1ccc(-c2n[nH]c(-c3ccccc3)n2)cc1. The summed E-state index contributed by atoms with van der Waals surface area (Å²) in [6.45, 7) is 2.14. The lowest BCUT2D eigenvalue weighted by Gasteiger charge is -2.10. The second-order valence-electron chi connectivity index (χ2n) is 11.3. The highest BCUT2D eigenvalue weighted by atomic mass is 15.2. The number of hydrogen-bond donors (Lipinski definition) is 1. The third-order valence-corrected chi connectivity index (χ3v) is 8.03. The van der Waals surface area contributed by atoms with Crippen LogP contribution in [0.1, 0.15) is 5.56 Å². The molecule has 8 rings (SSSR count). The molecule has 5 nitrogen and oxygen atoms in total. The minimum absolute atomic E-state index is 0.726. The molecule has 0 spiro atoms. The van der Waals surface area contributed by atoms with Gasteiger partial charge in [-0.25, -0.2) is 15.0 Å². The Bertz CT molecular complexity index is 2100. The van der Waals surface area contributed by atoms with Crippen molar-refractivity contribution in [1.29, 1.82) is 0 Å². The zero-order chi connectivity index (χ0) is 32.5. The van der Waals surface area contributed by atoms with Crippen molar-refractivity contribution in [3.8, 4) is 67.8 Å². The summed E-state index contributed by atoms with van der Waals surface area (Å²) in [5.74, 6) is 2.26. The maximum Gasteiger partial charge on any atom is 0.181 e. The van der Waals surface area contributed by atoms with Crippen molar-refractivity contribution in [1.82, 2.24) is 25.1 Å². The van der Waals surface area contributed by atoms with Crippen LogP contribution >= 0.6 is 0 Å². The van der Waals surface area contributed by atoms with Crippen LogP contribution < -0.4 is 0 Å². The van der Waals surface area contributed by atoms with Gasteiger partial charge in [-0.15, -0.1) is 0 Å². The molecule has 0 bridgehead atoms. The standard InChI is InChI=1S/C29H22N2.C14H11N3/c1-21-10-8-9-15-26(21)22-16-18-25(19-17-22)29-30-27(23-11-4-2-5-12-23)20-28(31-29)24-13-6-3-7-14-24;1-3-7-11(8-4-1)13-15-14(17-16-13)12-9-5-2-6-10-12/h2-20H,1H3;1-10H,(H,15,16,17). The molecular weight excluding hydrogens is 587 g/mol. The summed E-state index contributed by atoms with van der Waals surface area (Å²) in [6.07, 6.45) is 0. The maximum atomic E-state index is 4.91. The number of H-pyrrole nitrogens is 1. The molecule has 0 aliphatic rings. The summed E-state index contributed by atoms with van der Waals surface area (Å²) in [5.41, 5.74) is 10.8. The van der Waals surface area contributed by atoms with E-state index in [2.05, 4.69) is 101 Å². The van der Waals surface area contributed by atoms with Crippen LogP contribution in [0.2, 0.25) is 0 Å². The lowest BCUT2D eigenvalue weighted by molar-refractivity contribution is 1.10. The lowest BCUT2D eigenvalue weighted by atomic mass is 9.99. The van der Waals surface area contributed by atoms with Crippen molar-refractivity contribution in [2.24, 2.45) is 0 Å². The molecule has 5 heteroatoms. The van der Waals surface area contributed by atoms with Crippen LogP contribution in [0.25, 0.3) is 67.8 Å². The molecule has 8 aromatic rings. The number of aromatic amines is 1. The Kier molecular flexibility index (Phi) is 9.01. The van der Waals surface area contributed by atoms with Crippen molar-refractivity contribution in [2.45, 2.75) is 6.92 Å². The number of aromatic nitrogens is 5. The summed E-state index contributed by atoms with van der Waals surface area (Å²) >= 11 is 0. The minimum Gasteiger partial charge on any atom is -0.259 e. The second kappa shape index (κ2) is 14.3. The largest absolute Gasteiger partial charge is 0.259 e. The van der Waals surface area contributed by atoms with E-state index in [1.54, 1.807) is 0 Å². The van der Waals surface area contributed by atoms with Crippen molar-refractivity contribution in [3.05, 3.63) is 181 Å². The van der Waals surface area contributed by atoms with Crippen molar-refractivity contribution in [2.75, 3.05) is 0 Å². The first-order valence-electron chi connectivity index (χ1n) is 15.9. The normalized spacial score (nSPS) is 10.6. The zero-order valence-corrected chi connectivity index (χ0v) is 26.5. The predicted octanol–water partition coefficient (Wildman–Crippen LogP) is 10.6. The summed E-state index contributed by atoms with van der Waals surface area (Å²) in [4.78, 5) is 14.3. The van der Waals surface area contributed by atoms with Crippen LogP contribution in [0.4, 0.5) is 0 Å². The quantitative estimate of drug-likeness (QED) is 0.201. The Morgan fingerprint density at radius 3 is 1.35 bits per heavy atom. The summed E-state index contributed by atoms with van der Waals surface area (Å²) in [5, 5.41) is 7.19. The van der Waals surface area contributed by atoms with E-state index >= 15 is 0 Å². The first-order valence-corrected chi connectivity index (χ1v) is 15.9. The smallest absolute Gasteiger partial charge is 0.181 e. The highest BCUT2D eigenvalue weighted by Gasteiger charge is 2.11. The number of nitrogens with one attached hydrogen (secondary N) is 1.